The van der Waals surface area contributed by atoms with Crippen LogP contribution >= 0.6 is 0 Å². The molecule has 0 fully saturated rings. The van der Waals surface area contributed by atoms with Crippen LogP contribution in [0.4, 0.5) is 8.78 Å². The summed E-state index contributed by atoms with van der Waals surface area (Å²) in [5.41, 5.74) is 0.294. The lowest BCUT2D eigenvalue weighted by Gasteiger charge is -2.10. The molecule has 0 aliphatic carbocycles. The summed E-state index contributed by atoms with van der Waals surface area (Å²) in [5, 5.41) is 9.14. The highest BCUT2D eigenvalue weighted by molar-refractivity contribution is 6.03. The quantitative estimate of drug-likeness (QED) is 0.806. The van der Waals surface area contributed by atoms with Gasteiger partial charge in [0, 0.05) is 18.5 Å². The molecule has 0 bridgehead atoms. The van der Waals surface area contributed by atoms with Crippen LogP contribution in [-0.2, 0) is 0 Å². The summed E-state index contributed by atoms with van der Waals surface area (Å²) in [5.74, 6) is -3.53. The number of nitriles is 1. The van der Waals surface area contributed by atoms with Crippen molar-refractivity contribution in [2.45, 2.75) is 12.8 Å². The van der Waals surface area contributed by atoms with E-state index in [1.165, 1.54) is 31.5 Å². The number of pyridine rings is 1. The summed E-state index contributed by atoms with van der Waals surface area (Å²) in [6.07, 6.45) is 2.89. The minimum absolute atomic E-state index is 0.154. The van der Waals surface area contributed by atoms with Gasteiger partial charge >= 0.3 is 0 Å². The van der Waals surface area contributed by atoms with Gasteiger partial charge in [-0.2, -0.15) is 5.26 Å². The summed E-state index contributed by atoms with van der Waals surface area (Å²) >= 11 is 0. The van der Waals surface area contributed by atoms with Crippen LogP contribution in [0.25, 0.3) is 0 Å². The lowest BCUT2D eigenvalue weighted by molar-refractivity contribution is 0.0974. The first-order chi connectivity index (χ1) is 9.54. The maximum Gasteiger partial charge on any atom is 0.187 e. The SMILES string of the molecule is Cc1cc(C(=O)C(C#N)c2ccncc2)c(F)cc1F. The number of aryl methyl sites for hydroxylation is 1. The van der Waals surface area contributed by atoms with E-state index in [-0.39, 0.29) is 11.1 Å². The summed E-state index contributed by atoms with van der Waals surface area (Å²) in [7, 11) is 0. The third-order valence-corrected chi connectivity index (χ3v) is 2.94. The van der Waals surface area contributed by atoms with Crippen molar-refractivity contribution in [2.24, 2.45) is 0 Å². The molecule has 3 nitrogen and oxygen atoms in total. The van der Waals surface area contributed by atoms with E-state index in [9.17, 15) is 13.6 Å². The zero-order chi connectivity index (χ0) is 14.7. The zero-order valence-corrected chi connectivity index (χ0v) is 10.6. The number of carbonyl (C=O) groups is 1. The second-order valence-electron chi connectivity index (χ2n) is 4.29. The van der Waals surface area contributed by atoms with Gasteiger partial charge in [-0.25, -0.2) is 8.78 Å². The van der Waals surface area contributed by atoms with Crippen LogP contribution in [0.1, 0.15) is 27.4 Å². The standard InChI is InChI=1S/C15H10F2N2O/c1-9-6-11(14(17)7-13(9)16)15(20)12(8-18)10-2-4-19-5-3-10/h2-7,12H,1H3. The third-order valence-electron chi connectivity index (χ3n) is 2.94. The molecule has 0 aliphatic rings. The minimum atomic E-state index is -1.14. The molecule has 0 saturated heterocycles. The molecule has 1 aromatic heterocycles. The van der Waals surface area contributed by atoms with Gasteiger partial charge in [-0.1, -0.05) is 0 Å². The van der Waals surface area contributed by atoms with Crippen LogP contribution in [-0.4, -0.2) is 10.8 Å². The second-order valence-corrected chi connectivity index (χ2v) is 4.29. The zero-order valence-electron chi connectivity index (χ0n) is 10.6. The Labute approximate surface area is 114 Å². The van der Waals surface area contributed by atoms with E-state index in [2.05, 4.69) is 4.98 Å². The van der Waals surface area contributed by atoms with Crippen molar-refractivity contribution in [3.63, 3.8) is 0 Å². The largest absolute Gasteiger partial charge is 0.292 e. The average Bonchev–Trinajstić information content (AvgIpc) is 2.44. The van der Waals surface area contributed by atoms with Gasteiger partial charge in [0.1, 0.15) is 17.6 Å². The molecule has 0 aliphatic heterocycles. The summed E-state index contributed by atoms with van der Waals surface area (Å²) in [6, 6.07) is 6.65. The van der Waals surface area contributed by atoms with Crippen LogP contribution in [0, 0.1) is 29.9 Å². The Morgan fingerprint density at radius 2 is 1.90 bits per heavy atom. The van der Waals surface area contributed by atoms with Gasteiger partial charge in [0.2, 0.25) is 0 Å². The highest BCUT2D eigenvalue weighted by Crippen LogP contribution is 2.23. The number of halogens is 2. The molecule has 20 heavy (non-hydrogen) atoms. The van der Waals surface area contributed by atoms with Gasteiger partial charge in [-0.05, 0) is 36.2 Å². The monoisotopic (exact) mass is 272 g/mol. The fourth-order valence-electron chi connectivity index (χ4n) is 1.84. The second kappa shape index (κ2) is 5.57. The average molecular weight is 272 g/mol. The Hall–Kier alpha value is -2.61. The fourth-order valence-corrected chi connectivity index (χ4v) is 1.84. The normalized spacial score (nSPS) is 11.7. The van der Waals surface area contributed by atoms with E-state index in [4.69, 9.17) is 5.26 Å². The van der Waals surface area contributed by atoms with E-state index in [0.29, 0.717) is 11.6 Å². The van der Waals surface area contributed by atoms with E-state index >= 15 is 0 Å². The molecular weight excluding hydrogens is 262 g/mol. The molecule has 1 aromatic carbocycles. The van der Waals surface area contributed by atoms with E-state index in [0.717, 1.165) is 6.07 Å². The lowest BCUT2D eigenvalue weighted by atomic mass is 9.91. The maximum atomic E-state index is 13.7. The van der Waals surface area contributed by atoms with Crippen LogP contribution in [0.2, 0.25) is 0 Å². The number of nitrogens with zero attached hydrogens (tertiary/aromatic N) is 2. The number of aromatic nitrogens is 1. The number of carbonyl (C=O) groups excluding carboxylic acids is 1. The molecule has 1 unspecified atom stereocenters. The van der Waals surface area contributed by atoms with E-state index < -0.39 is 23.3 Å². The van der Waals surface area contributed by atoms with Crippen molar-refractivity contribution in [3.8, 4) is 6.07 Å². The number of ketones is 1. The van der Waals surface area contributed by atoms with Crippen molar-refractivity contribution in [3.05, 3.63) is 65.0 Å². The number of hydrogen-bond donors (Lipinski definition) is 0. The summed E-state index contributed by atoms with van der Waals surface area (Å²) in [6.45, 7) is 1.43. The smallest absolute Gasteiger partial charge is 0.187 e. The molecule has 2 rings (SSSR count). The minimum Gasteiger partial charge on any atom is -0.292 e. The highest BCUT2D eigenvalue weighted by atomic mass is 19.1. The highest BCUT2D eigenvalue weighted by Gasteiger charge is 2.25. The predicted molar refractivity (Wildman–Crippen MR) is 68.0 cm³/mol. The predicted octanol–water partition coefficient (Wildman–Crippen LogP) is 3.16. The molecule has 0 spiro atoms. The number of rotatable bonds is 3. The van der Waals surface area contributed by atoms with Crippen LogP contribution in [0.5, 0.6) is 0 Å². The number of benzene rings is 1. The van der Waals surface area contributed by atoms with Gasteiger partial charge < -0.3 is 0 Å². The first kappa shape index (κ1) is 13.8. The number of hydrogen-bond acceptors (Lipinski definition) is 3. The Balaban J connectivity index is 2.45. The molecule has 1 atom stereocenters. The maximum absolute atomic E-state index is 13.7. The van der Waals surface area contributed by atoms with Gasteiger partial charge in [0.05, 0.1) is 11.6 Å². The van der Waals surface area contributed by atoms with Crippen molar-refractivity contribution >= 4 is 5.78 Å². The summed E-state index contributed by atoms with van der Waals surface area (Å²) < 4.78 is 26.9. The van der Waals surface area contributed by atoms with E-state index in [1.807, 2.05) is 6.07 Å². The van der Waals surface area contributed by atoms with Crippen molar-refractivity contribution in [1.82, 2.24) is 4.98 Å². The van der Waals surface area contributed by atoms with Crippen LogP contribution in [0.15, 0.2) is 36.7 Å². The molecule has 100 valence electrons. The molecule has 0 radical (unpaired) electrons. The third kappa shape index (κ3) is 2.54. The van der Waals surface area contributed by atoms with Gasteiger partial charge in [0.25, 0.3) is 0 Å². The van der Waals surface area contributed by atoms with Crippen molar-refractivity contribution in [2.75, 3.05) is 0 Å². The Bertz CT molecular complexity index is 693. The first-order valence-corrected chi connectivity index (χ1v) is 5.84. The van der Waals surface area contributed by atoms with Crippen LogP contribution < -0.4 is 0 Å². The van der Waals surface area contributed by atoms with Gasteiger partial charge in [-0.3, -0.25) is 9.78 Å². The van der Waals surface area contributed by atoms with Crippen LogP contribution in [0.3, 0.4) is 0 Å². The lowest BCUT2D eigenvalue weighted by Crippen LogP contribution is -2.13. The number of Topliss-reactive ketones (excluding diaryl/α,β-unsaturated/α-hetero) is 1. The molecule has 1 heterocycles. The first-order valence-electron chi connectivity index (χ1n) is 5.84. The molecule has 0 saturated carbocycles. The fraction of sp³-hybridized carbons (Fsp3) is 0.133. The molecule has 0 amide bonds. The molecular formula is C15H10F2N2O. The van der Waals surface area contributed by atoms with Gasteiger partial charge in [0.15, 0.2) is 5.78 Å². The van der Waals surface area contributed by atoms with Crippen molar-refractivity contribution < 1.29 is 13.6 Å². The topological polar surface area (TPSA) is 53.8 Å². The van der Waals surface area contributed by atoms with E-state index in [1.54, 1.807) is 0 Å². The Morgan fingerprint density at radius 1 is 1.25 bits per heavy atom. The Kier molecular flexibility index (Phi) is 3.85. The van der Waals surface area contributed by atoms with Gasteiger partial charge in [-0.15, -0.1) is 0 Å². The molecule has 0 N–H and O–H groups in total. The van der Waals surface area contributed by atoms with Crippen molar-refractivity contribution in [1.29, 1.82) is 5.26 Å². The Morgan fingerprint density at radius 3 is 2.50 bits per heavy atom. The molecule has 2 aromatic rings. The summed E-state index contributed by atoms with van der Waals surface area (Å²) in [4.78, 5) is 16.0. The molecule has 5 heteroatoms.